The summed E-state index contributed by atoms with van der Waals surface area (Å²) in [6.45, 7) is 12.7. The standard InChI is InChI=1S/C23H36N6O.HI/c1-4-25-23(27-17-21(15-19(2)3)28-11-13-30-14-12-28)26-16-20-7-5-6-8-22(20)29-10-9-24-18-29;/h5-10,18-19,21H,4,11-17H2,1-3H3,(H2,25,26,27);1H. The smallest absolute Gasteiger partial charge is 0.191 e. The summed E-state index contributed by atoms with van der Waals surface area (Å²) in [5, 5.41) is 6.98. The number of halogens is 1. The molecule has 0 amide bonds. The molecule has 1 aliphatic rings. The van der Waals surface area contributed by atoms with Gasteiger partial charge in [0, 0.05) is 44.6 Å². The second-order valence-electron chi connectivity index (χ2n) is 8.11. The molecule has 0 saturated carbocycles. The quantitative estimate of drug-likeness (QED) is 0.291. The summed E-state index contributed by atoms with van der Waals surface area (Å²) in [6.07, 6.45) is 6.75. The molecule has 0 spiro atoms. The Labute approximate surface area is 203 Å². The number of aromatic nitrogens is 2. The van der Waals surface area contributed by atoms with Crippen LogP contribution in [0.25, 0.3) is 5.69 Å². The second kappa shape index (κ2) is 13.7. The SMILES string of the molecule is CCNC(=NCc1ccccc1-n1ccnc1)NCC(CC(C)C)N1CCOCC1.I. The maximum Gasteiger partial charge on any atom is 0.191 e. The van der Waals surface area contributed by atoms with E-state index in [-0.39, 0.29) is 24.0 Å². The molecule has 31 heavy (non-hydrogen) atoms. The number of hydrogen-bond acceptors (Lipinski definition) is 4. The highest BCUT2D eigenvalue weighted by Gasteiger charge is 2.22. The van der Waals surface area contributed by atoms with E-state index in [1.807, 2.05) is 23.2 Å². The van der Waals surface area contributed by atoms with Crippen molar-refractivity contribution in [2.24, 2.45) is 10.9 Å². The highest BCUT2D eigenvalue weighted by Crippen LogP contribution is 2.15. The van der Waals surface area contributed by atoms with E-state index in [1.54, 1.807) is 6.20 Å². The lowest BCUT2D eigenvalue weighted by molar-refractivity contribution is 0.0132. The van der Waals surface area contributed by atoms with Crippen molar-refractivity contribution in [3.05, 3.63) is 48.5 Å². The topological polar surface area (TPSA) is 66.7 Å². The summed E-state index contributed by atoms with van der Waals surface area (Å²) < 4.78 is 7.57. The highest BCUT2D eigenvalue weighted by molar-refractivity contribution is 14.0. The number of imidazole rings is 1. The van der Waals surface area contributed by atoms with Gasteiger partial charge >= 0.3 is 0 Å². The van der Waals surface area contributed by atoms with Crippen LogP contribution in [0, 0.1) is 5.92 Å². The van der Waals surface area contributed by atoms with Crippen molar-refractivity contribution >= 4 is 29.9 Å². The predicted molar refractivity (Wildman–Crippen MR) is 137 cm³/mol. The Bertz CT molecular complexity index is 774. The lowest BCUT2D eigenvalue weighted by atomic mass is 10.0. The molecule has 2 aromatic rings. The van der Waals surface area contributed by atoms with Gasteiger partial charge in [0.2, 0.25) is 0 Å². The van der Waals surface area contributed by atoms with Gasteiger partial charge in [0.15, 0.2) is 5.96 Å². The molecule has 0 bridgehead atoms. The maximum absolute atomic E-state index is 5.54. The van der Waals surface area contributed by atoms with Gasteiger partial charge in [-0.05, 0) is 30.9 Å². The molecular weight excluding hydrogens is 503 g/mol. The zero-order chi connectivity index (χ0) is 21.2. The van der Waals surface area contributed by atoms with Crippen molar-refractivity contribution < 1.29 is 4.74 Å². The monoisotopic (exact) mass is 540 g/mol. The number of hydrogen-bond donors (Lipinski definition) is 2. The molecule has 0 aliphatic carbocycles. The highest BCUT2D eigenvalue weighted by atomic mass is 127. The lowest BCUT2D eigenvalue weighted by Crippen LogP contribution is -2.51. The summed E-state index contributed by atoms with van der Waals surface area (Å²) >= 11 is 0. The normalized spacial score (nSPS) is 16.1. The first-order chi connectivity index (χ1) is 14.7. The average molecular weight is 540 g/mol. The Morgan fingerprint density at radius 3 is 2.65 bits per heavy atom. The van der Waals surface area contributed by atoms with Crippen molar-refractivity contribution in [3.8, 4) is 5.69 Å². The minimum Gasteiger partial charge on any atom is -0.379 e. The molecule has 0 radical (unpaired) electrons. The second-order valence-corrected chi connectivity index (χ2v) is 8.11. The van der Waals surface area contributed by atoms with Crippen LogP contribution in [-0.2, 0) is 11.3 Å². The Kier molecular flexibility index (Phi) is 11.3. The third-order valence-corrected chi connectivity index (χ3v) is 5.34. The van der Waals surface area contributed by atoms with Crippen LogP contribution in [0.3, 0.4) is 0 Å². The minimum atomic E-state index is 0. The number of nitrogens with zero attached hydrogens (tertiary/aromatic N) is 4. The fraction of sp³-hybridized carbons (Fsp3) is 0.565. The van der Waals surface area contributed by atoms with Gasteiger partial charge in [-0.25, -0.2) is 9.98 Å². The number of para-hydroxylation sites is 1. The molecule has 1 aliphatic heterocycles. The van der Waals surface area contributed by atoms with Crippen molar-refractivity contribution in [2.75, 3.05) is 39.4 Å². The molecule has 1 unspecified atom stereocenters. The molecule has 1 saturated heterocycles. The van der Waals surface area contributed by atoms with Crippen LogP contribution in [-0.4, -0.2) is 65.8 Å². The van der Waals surface area contributed by atoms with Crippen molar-refractivity contribution in [1.82, 2.24) is 25.1 Å². The number of aliphatic imine (C=N–C) groups is 1. The van der Waals surface area contributed by atoms with E-state index in [9.17, 15) is 0 Å². The first kappa shape index (κ1) is 25.6. The molecule has 1 fully saturated rings. The van der Waals surface area contributed by atoms with Crippen molar-refractivity contribution in [2.45, 2.75) is 39.8 Å². The molecule has 1 aromatic carbocycles. The van der Waals surface area contributed by atoms with Gasteiger partial charge in [-0.3, -0.25) is 4.90 Å². The van der Waals surface area contributed by atoms with Crippen LogP contribution in [0.4, 0.5) is 0 Å². The zero-order valence-electron chi connectivity index (χ0n) is 19.0. The van der Waals surface area contributed by atoms with Gasteiger partial charge < -0.3 is 19.9 Å². The Morgan fingerprint density at radius 1 is 1.19 bits per heavy atom. The van der Waals surface area contributed by atoms with Crippen LogP contribution < -0.4 is 10.6 Å². The van der Waals surface area contributed by atoms with E-state index < -0.39 is 0 Å². The fourth-order valence-corrected chi connectivity index (χ4v) is 3.87. The van der Waals surface area contributed by atoms with E-state index in [2.05, 4.69) is 59.5 Å². The molecule has 2 N–H and O–H groups in total. The van der Waals surface area contributed by atoms with E-state index in [0.717, 1.165) is 57.5 Å². The summed E-state index contributed by atoms with van der Waals surface area (Å²) in [7, 11) is 0. The first-order valence-electron chi connectivity index (χ1n) is 11.1. The number of benzene rings is 1. The van der Waals surface area contributed by atoms with Crippen LogP contribution in [0.15, 0.2) is 48.0 Å². The number of rotatable bonds is 9. The number of ether oxygens (including phenoxy) is 1. The van der Waals surface area contributed by atoms with E-state index >= 15 is 0 Å². The van der Waals surface area contributed by atoms with Crippen LogP contribution >= 0.6 is 24.0 Å². The molecular formula is C23H37IN6O. The van der Waals surface area contributed by atoms with Gasteiger partial charge in [0.1, 0.15) is 0 Å². The van der Waals surface area contributed by atoms with Crippen molar-refractivity contribution in [1.29, 1.82) is 0 Å². The van der Waals surface area contributed by atoms with Gasteiger partial charge in [-0.15, -0.1) is 24.0 Å². The number of nitrogens with one attached hydrogen (secondary N) is 2. The average Bonchev–Trinajstić information content (AvgIpc) is 3.30. The van der Waals surface area contributed by atoms with Crippen molar-refractivity contribution in [3.63, 3.8) is 0 Å². The van der Waals surface area contributed by atoms with Gasteiger partial charge in [0.25, 0.3) is 0 Å². The van der Waals surface area contributed by atoms with Crippen LogP contribution in [0.1, 0.15) is 32.8 Å². The molecule has 1 aromatic heterocycles. The third kappa shape index (κ3) is 8.08. The first-order valence-corrected chi connectivity index (χ1v) is 11.1. The zero-order valence-corrected chi connectivity index (χ0v) is 21.3. The van der Waals surface area contributed by atoms with Gasteiger partial charge in [0.05, 0.1) is 31.8 Å². The molecule has 8 heteroatoms. The van der Waals surface area contributed by atoms with Gasteiger partial charge in [-0.2, -0.15) is 0 Å². The summed E-state index contributed by atoms with van der Waals surface area (Å²) in [4.78, 5) is 11.6. The van der Waals surface area contributed by atoms with Gasteiger partial charge in [-0.1, -0.05) is 32.0 Å². The molecule has 7 nitrogen and oxygen atoms in total. The Balaban J connectivity index is 0.00000341. The molecule has 2 heterocycles. The minimum absolute atomic E-state index is 0. The predicted octanol–water partition coefficient (Wildman–Crippen LogP) is 3.29. The summed E-state index contributed by atoms with van der Waals surface area (Å²) in [6, 6.07) is 8.81. The van der Waals surface area contributed by atoms with Crippen LogP contribution in [0.2, 0.25) is 0 Å². The summed E-state index contributed by atoms with van der Waals surface area (Å²) in [5.41, 5.74) is 2.28. The fourth-order valence-electron chi connectivity index (χ4n) is 3.87. The number of morpholine rings is 1. The van der Waals surface area contributed by atoms with E-state index in [1.165, 1.54) is 5.56 Å². The lowest BCUT2D eigenvalue weighted by Gasteiger charge is -2.35. The Hall–Kier alpha value is -1.65. The molecule has 1 atom stereocenters. The van der Waals surface area contributed by atoms with Crippen LogP contribution in [0.5, 0.6) is 0 Å². The van der Waals surface area contributed by atoms with E-state index in [0.29, 0.717) is 18.5 Å². The molecule has 3 rings (SSSR count). The maximum atomic E-state index is 5.54. The third-order valence-electron chi connectivity index (χ3n) is 5.34. The molecule has 172 valence electrons. The summed E-state index contributed by atoms with van der Waals surface area (Å²) in [5.74, 6) is 1.51. The Morgan fingerprint density at radius 2 is 1.97 bits per heavy atom. The number of guanidine groups is 1. The van der Waals surface area contributed by atoms with E-state index in [4.69, 9.17) is 9.73 Å². The largest absolute Gasteiger partial charge is 0.379 e.